The first-order valence-corrected chi connectivity index (χ1v) is 9.92. The first kappa shape index (κ1) is 20.8. The van der Waals surface area contributed by atoms with Crippen LogP contribution in [0.4, 0.5) is 27.1 Å². The number of nitrogens with one attached hydrogen (secondary N) is 1. The highest BCUT2D eigenvalue weighted by molar-refractivity contribution is 6.31. The Balaban J connectivity index is 1.85. The summed E-state index contributed by atoms with van der Waals surface area (Å²) in [6.07, 6.45) is 1.41. The van der Waals surface area contributed by atoms with E-state index < -0.39 is 10.7 Å². The molecule has 0 unspecified atom stereocenters. The number of hydrogen-bond acceptors (Lipinski definition) is 7. The highest BCUT2D eigenvalue weighted by atomic mass is 35.5. The van der Waals surface area contributed by atoms with E-state index in [0.29, 0.717) is 41.1 Å². The number of anilines is 3. The molecule has 2 aromatic carbocycles. The average molecular weight is 441 g/mol. The minimum atomic E-state index is -0.570. The fourth-order valence-corrected chi connectivity index (χ4v) is 3.78. The number of aromatic nitrogens is 1. The molecule has 0 bridgehead atoms. The molecular weight excluding hydrogens is 423 g/mol. The monoisotopic (exact) mass is 440 g/mol. The number of likely N-dealkylation sites (N-methyl/N-ethyl adjacent to an activating group) is 1. The van der Waals surface area contributed by atoms with Gasteiger partial charge in [0, 0.05) is 49.5 Å². The molecule has 0 atom stereocenters. The van der Waals surface area contributed by atoms with E-state index in [1.807, 2.05) is 18.0 Å². The summed E-state index contributed by atoms with van der Waals surface area (Å²) in [5.74, 6) is -0.570. The van der Waals surface area contributed by atoms with Crippen LogP contribution in [-0.2, 0) is 0 Å². The van der Waals surface area contributed by atoms with E-state index in [9.17, 15) is 19.8 Å². The molecule has 31 heavy (non-hydrogen) atoms. The lowest BCUT2D eigenvalue weighted by molar-refractivity contribution is -0.384. The summed E-state index contributed by atoms with van der Waals surface area (Å²) in [6, 6.07) is 9.23. The van der Waals surface area contributed by atoms with Gasteiger partial charge in [0.05, 0.1) is 26.7 Å². The largest absolute Gasteiger partial charge is 0.363 e. The molecule has 1 saturated heterocycles. The zero-order chi connectivity index (χ0) is 22.1. The van der Waals surface area contributed by atoms with Gasteiger partial charge in [0.2, 0.25) is 0 Å². The summed E-state index contributed by atoms with van der Waals surface area (Å²) in [6.45, 7) is 2.93. The molecule has 8 nitrogen and oxygen atoms in total. The summed E-state index contributed by atoms with van der Waals surface area (Å²) < 4.78 is 13.5. The average Bonchev–Trinajstić information content (AvgIpc) is 2.76. The molecule has 158 valence electrons. The van der Waals surface area contributed by atoms with Crippen LogP contribution in [-0.4, -0.2) is 48.0 Å². The van der Waals surface area contributed by atoms with Crippen LogP contribution in [0.2, 0.25) is 5.02 Å². The lowest BCUT2D eigenvalue weighted by atomic mass is 10.1. The van der Waals surface area contributed by atoms with Crippen molar-refractivity contribution in [2.45, 2.75) is 0 Å². The Morgan fingerprint density at radius 1 is 1.26 bits per heavy atom. The van der Waals surface area contributed by atoms with Crippen LogP contribution in [0.5, 0.6) is 0 Å². The van der Waals surface area contributed by atoms with Crippen molar-refractivity contribution in [1.82, 2.24) is 9.88 Å². The third kappa shape index (κ3) is 4.08. The smallest absolute Gasteiger partial charge is 0.293 e. The van der Waals surface area contributed by atoms with Gasteiger partial charge in [-0.2, -0.15) is 5.26 Å². The molecule has 0 aliphatic carbocycles. The van der Waals surface area contributed by atoms with Gasteiger partial charge in [-0.15, -0.1) is 0 Å². The molecule has 1 aliphatic heterocycles. The molecular formula is C21H18ClFN6O2. The van der Waals surface area contributed by atoms with Crippen LogP contribution in [0, 0.1) is 27.3 Å². The molecule has 1 aromatic heterocycles. The molecule has 1 aliphatic rings. The number of benzene rings is 2. The van der Waals surface area contributed by atoms with Crippen molar-refractivity contribution in [2.75, 3.05) is 43.4 Å². The second-order valence-electron chi connectivity index (χ2n) is 7.32. The quantitative estimate of drug-likeness (QED) is 0.477. The van der Waals surface area contributed by atoms with Gasteiger partial charge < -0.3 is 15.1 Å². The number of hydrogen-bond donors (Lipinski definition) is 1. The predicted molar refractivity (Wildman–Crippen MR) is 118 cm³/mol. The van der Waals surface area contributed by atoms with Crippen molar-refractivity contribution in [1.29, 1.82) is 5.26 Å². The SMILES string of the molecule is CN1CCN(c2cc3ncc(C#N)c(Nc4ccc(F)c(Cl)c4)c3cc2[N+](=O)[O-])CC1. The van der Waals surface area contributed by atoms with Crippen LogP contribution in [0.3, 0.4) is 0 Å². The molecule has 1 N–H and O–H groups in total. The van der Waals surface area contributed by atoms with Crippen LogP contribution in [0.15, 0.2) is 36.5 Å². The van der Waals surface area contributed by atoms with Gasteiger partial charge in [-0.1, -0.05) is 11.6 Å². The Morgan fingerprint density at radius 3 is 2.65 bits per heavy atom. The fraction of sp³-hybridized carbons (Fsp3) is 0.238. The normalized spacial score (nSPS) is 14.5. The van der Waals surface area contributed by atoms with Gasteiger partial charge in [-0.3, -0.25) is 15.1 Å². The van der Waals surface area contributed by atoms with E-state index in [-0.39, 0.29) is 16.3 Å². The number of halogens is 2. The Bertz CT molecular complexity index is 1220. The van der Waals surface area contributed by atoms with E-state index in [0.717, 1.165) is 13.1 Å². The fourth-order valence-electron chi connectivity index (χ4n) is 3.60. The molecule has 10 heteroatoms. The Kier molecular flexibility index (Phi) is 5.59. The maximum atomic E-state index is 13.5. The number of rotatable bonds is 4. The van der Waals surface area contributed by atoms with E-state index in [1.54, 1.807) is 6.07 Å². The molecule has 0 spiro atoms. The molecule has 0 radical (unpaired) electrons. The minimum Gasteiger partial charge on any atom is -0.363 e. The van der Waals surface area contributed by atoms with E-state index in [1.165, 1.54) is 30.5 Å². The highest BCUT2D eigenvalue weighted by Gasteiger charge is 2.25. The van der Waals surface area contributed by atoms with Crippen LogP contribution < -0.4 is 10.2 Å². The van der Waals surface area contributed by atoms with Crippen molar-refractivity contribution in [3.63, 3.8) is 0 Å². The number of fused-ring (bicyclic) bond motifs is 1. The third-order valence-corrected chi connectivity index (χ3v) is 5.60. The van der Waals surface area contributed by atoms with E-state index >= 15 is 0 Å². The summed E-state index contributed by atoms with van der Waals surface area (Å²) in [5.41, 5.74) is 1.95. The molecule has 3 aromatic rings. The molecule has 0 saturated carbocycles. The first-order valence-electron chi connectivity index (χ1n) is 9.54. The van der Waals surface area contributed by atoms with Gasteiger partial charge >= 0.3 is 0 Å². The van der Waals surface area contributed by atoms with Crippen molar-refractivity contribution in [3.05, 3.63) is 63.0 Å². The van der Waals surface area contributed by atoms with Gasteiger partial charge in [0.25, 0.3) is 5.69 Å². The summed E-state index contributed by atoms with van der Waals surface area (Å²) in [4.78, 5) is 19.9. The third-order valence-electron chi connectivity index (χ3n) is 5.31. The summed E-state index contributed by atoms with van der Waals surface area (Å²) in [5, 5.41) is 24.8. The van der Waals surface area contributed by atoms with Gasteiger partial charge in [0.15, 0.2) is 0 Å². The topological polar surface area (TPSA) is 98.3 Å². The molecule has 1 fully saturated rings. The minimum absolute atomic E-state index is 0.0610. The second-order valence-corrected chi connectivity index (χ2v) is 7.73. The lowest BCUT2D eigenvalue weighted by Gasteiger charge is -2.33. The Hall–Kier alpha value is -3.48. The van der Waals surface area contributed by atoms with Crippen molar-refractivity contribution in [2.24, 2.45) is 0 Å². The Labute approximate surface area is 182 Å². The van der Waals surface area contributed by atoms with Crippen LogP contribution >= 0.6 is 11.6 Å². The maximum absolute atomic E-state index is 13.5. The number of nitro groups is 1. The van der Waals surface area contributed by atoms with E-state index in [2.05, 4.69) is 15.2 Å². The maximum Gasteiger partial charge on any atom is 0.293 e. The van der Waals surface area contributed by atoms with Gasteiger partial charge in [0.1, 0.15) is 17.6 Å². The number of nitro benzene ring substituents is 1. The van der Waals surface area contributed by atoms with Crippen LogP contribution in [0.1, 0.15) is 5.56 Å². The Morgan fingerprint density at radius 2 is 2.00 bits per heavy atom. The van der Waals surface area contributed by atoms with E-state index in [4.69, 9.17) is 11.6 Å². The second kappa shape index (κ2) is 8.34. The predicted octanol–water partition coefficient (Wildman–Crippen LogP) is 4.30. The number of nitrogens with zero attached hydrogens (tertiary/aromatic N) is 5. The zero-order valence-electron chi connectivity index (χ0n) is 16.6. The number of nitriles is 1. The molecule has 4 rings (SSSR count). The molecule has 2 heterocycles. The number of piperazine rings is 1. The van der Waals surface area contributed by atoms with Crippen molar-refractivity contribution >= 4 is 45.3 Å². The standard InChI is InChI=1S/C21H18ClFN6O2/c1-27-4-6-28(7-5-27)19-10-18-15(9-20(19)29(30)31)21(13(11-24)12-25-18)26-14-2-3-17(23)16(22)8-14/h2-3,8-10,12H,4-7H2,1H3,(H,25,26). The van der Waals surface area contributed by atoms with Gasteiger partial charge in [-0.05, 0) is 31.3 Å². The van der Waals surface area contributed by atoms with Gasteiger partial charge in [-0.25, -0.2) is 4.39 Å². The van der Waals surface area contributed by atoms with Crippen molar-refractivity contribution in [3.8, 4) is 6.07 Å². The van der Waals surface area contributed by atoms with Crippen LogP contribution in [0.25, 0.3) is 10.9 Å². The molecule has 0 amide bonds. The first-order chi connectivity index (χ1) is 14.9. The van der Waals surface area contributed by atoms with Crippen molar-refractivity contribution < 1.29 is 9.31 Å². The highest BCUT2D eigenvalue weighted by Crippen LogP contribution is 2.38. The zero-order valence-corrected chi connectivity index (χ0v) is 17.4. The lowest BCUT2D eigenvalue weighted by Crippen LogP contribution is -2.44. The number of pyridine rings is 1. The summed E-state index contributed by atoms with van der Waals surface area (Å²) in [7, 11) is 2.01. The summed E-state index contributed by atoms with van der Waals surface area (Å²) >= 11 is 5.87.